The number of hydrogen-bond acceptors (Lipinski definition) is 3. The fraction of sp³-hybridized carbons (Fsp3) is 0.125. The third kappa shape index (κ3) is 2.46. The molecule has 0 aromatic heterocycles. The molecule has 4 nitrogen and oxygen atoms in total. The van der Waals surface area contributed by atoms with Crippen LogP contribution in [0.3, 0.4) is 0 Å². The van der Waals surface area contributed by atoms with Crippen molar-refractivity contribution >= 4 is 37.8 Å². The summed E-state index contributed by atoms with van der Waals surface area (Å²) in [5, 5.41) is 20.2. The van der Waals surface area contributed by atoms with E-state index in [0.717, 1.165) is 0 Å². The lowest BCUT2D eigenvalue weighted by molar-refractivity contribution is 0.0907. The van der Waals surface area contributed by atoms with Crippen LogP contribution in [0, 0.1) is 0 Å². The number of benzene rings is 1. The molecule has 0 bridgehead atoms. The van der Waals surface area contributed by atoms with Crippen molar-refractivity contribution in [2.75, 3.05) is 6.73 Å². The fourth-order valence-electron chi connectivity index (χ4n) is 0.906. The van der Waals surface area contributed by atoms with Gasteiger partial charge in [0.25, 0.3) is 5.91 Å². The smallest absolute Gasteiger partial charge is 0.256 e. The number of phenolic OH excluding ortho intramolecular Hbond substituents is 1. The standard InChI is InChI=1S/C8H7Br2NO3/c9-4-1-5(8(14)11-3-12)7(13)6(10)2-4/h1-2,12-13H,3H2,(H,11,14). The van der Waals surface area contributed by atoms with Crippen LogP contribution in [-0.4, -0.2) is 22.9 Å². The van der Waals surface area contributed by atoms with Gasteiger partial charge in [0.05, 0.1) is 10.0 Å². The highest BCUT2D eigenvalue weighted by molar-refractivity contribution is 9.11. The number of halogens is 2. The maximum atomic E-state index is 11.3. The molecule has 3 N–H and O–H groups in total. The number of nitrogens with one attached hydrogen (secondary N) is 1. The molecule has 1 aromatic carbocycles. The second-order valence-electron chi connectivity index (χ2n) is 2.45. The van der Waals surface area contributed by atoms with Crippen molar-refractivity contribution < 1.29 is 15.0 Å². The van der Waals surface area contributed by atoms with Crippen LogP contribution in [0.25, 0.3) is 0 Å². The van der Waals surface area contributed by atoms with E-state index < -0.39 is 12.6 Å². The number of carbonyl (C=O) groups is 1. The van der Waals surface area contributed by atoms with Crippen LogP contribution in [-0.2, 0) is 0 Å². The van der Waals surface area contributed by atoms with Crippen molar-refractivity contribution in [3.05, 3.63) is 26.6 Å². The summed E-state index contributed by atoms with van der Waals surface area (Å²) >= 11 is 6.28. The Hall–Kier alpha value is -0.590. The zero-order valence-electron chi connectivity index (χ0n) is 6.92. The van der Waals surface area contributed by atoms with Gasteiger partial charge >= 0.3 is 0 Å². The average Bonchev–Trinajstić information content (AvgIpc) is 2.11. The van der Waals surface area contributed by atoms with Gasteiger partial charge in [-0.1, -0.05) is 15.9 Å². The number of aliphatic hydroxyl groups is 1. The Kier molecular flexibility index (Phi) is 3.91. The molecule has 0 spiro atoms. The van der Waals surface area contributed by atoms with Crippen LogP contribution < -0.4 is 5.32 Å². The summed E-state index contributed by atoms with van der Waals surface area (Å²) in [7, 11) is 0. The predicted molar refractivity (Wildman–Crippen MR) is 58.1 cm³/mol. The Balaban J connectivity index is 3.13. The maximum Gasteiger partial charge on any atom is 0.256 e. The molecule has 0 aliphatic rings. The monoisotopic (exact) mass is 323 g/mol. The van der Waals surface area contributed by atoms with Crippen molar-refractivity contribution in [2.45, 2.75) is 0 Å². The molecule has 0 unspecified atom stereocenters. The Morgan fingerprint density at radius 1 is 1.43 bits per heavy atom. The van der Waals surface area contributed by atoms with E-state index in [0.29, 0.717) is 8.95 Å². The van der Waals surface area contributed by atoms with Gasteiger partial charge in [-0.2, -0.15) is 0 Å². The van der Waals surface area contributed by atoms with Gasteiger partial charge in [0, 0.05) is 4.47 Å². The molecule has 0 aliphatic heterocycles. The van der Waals surface area contributed by atoms with E-state index in [-0.39, 0.29) is 11.3 Å². The van der Waals surface area contributed by atoms with Crippen molar-refractivity contribution in [3.8, 4) is 5.75 Å². The minimum Gasteiger partial charge on any atom is -0.506 e. The molecule has 0 saturated heterocycles. The van der Waals surface area contributed by atoms with E-state index in [1.54, 1.807) is 6.07 Å². The number of carbonyl (C=O) groups excluding carboxylic acids is 1. The Labute approximate surface area is 97.2 Å². The van der Waals surface area contributed by atoms with Gasteiger partial charge in [-0.05, 0) is 28.1 Å². The zero-order valence-corrected chi connectivity index (χ0v) is 10.1. The summed E-state index contributed by atoms with van der Waals surface area (Å²) in [6.07, 6.45) is 0. The number of rotatable bonds is 2. The quantitative estimate of drug-likeness (QED) is 0.724. The molecule has 0 saturated carbocycles. The van der Waals surface area contributed by atoms with Gasteiger partial charge in [-0.25, -0.2) is 0 Å². The molecule has 76 valence electrons. The van der Waals surface area contributed by atoms with Crippen molar-refractivity contribution in [1.29, 1.82) is 0 Å². The topological polar surface area (TPSA) is 69.6 Å². The van der Waals surface area contributed by atoms with Crippen LogP contribution in [0.4, 0.5) is 0 Å². The minimum atomic E-state index is -0.535. The summed E-state index contributed by atoms with van der Waals surface area (Å²) in [6, 6.07) is 3.08. The zero-order chi connectivity index (χ0) is 10.7. The lowest BCUT2D eigenvalue weighted by Gasteiger charge is -2.06. The van der Waals surface area contributed by atoms with Crippen molar-refractivity contribution in [2.24, 2.45) is 0 Å². The molecule has 0 aliphatic carbocycles. The second-order valence-corrected chi connectivity index (χ2v) is 4.22. The van der Waals surface area contributed by atoms with Gasteiger partial charge in [-0.15, -0.1) is 0 Å². The number of phenols is 1. The van der Waals surface area contributed by atoms with Crippen LogP contribution in [0.15, 0.2) is 21.1 Å². The summed E-state index contributed by atoms with van der Waals surface area (Å²) in [5.41, 5.74) is 0.0975. The Morgan fingerprint density at radius 3 is 2.64 bits per heavy atom. The summed E-state index contributed by atoms with van der Waals surface area (Å²) in [6.45, 7) is -0.470. The Bertz CT molecular complexity index is 368. The molecule has 14 heavy (non-hydrogen) atoms. The van der Waals surface area contributed by atoms with Crippen LogP contribution >= 0.6 is 31.9 Å². The first-order chi connectivity index (χ1) is 6.56. The summed E-state index contributed by atoms with van der Waals surface area (Å²) in [5.74, 6) is -0.689. The number of aromatic hydroxyl groups is 1. The SMILES string of the molecule is O=C(NCO)c1cc(Br)cc(Br)c1O. The van der Waals surface area contributed by atoms with Gasteiger partial charge in [0.15, 0.2) is 0 Å². The molecule has 0 fully saturated rings. The average molecular weight is 325 g/mol. The molecule has 1 amide bonds. The fourth-order valence-corrected chi connectivity index (χ4v) is 2.13. The van der Waals surface area contributed by atoms with E-state index in [1.807, 2.05) is 0 Å². The Morgan fingerprint density at radius 2 is 2.07 bits per heavy atom. The predicted octanol–water partition coefficient (Wildman–Crippen LogP) is 1.60. The lowest BCUT2D eigenvalue weighted by atomic mass is 10.2. The third-order valence-corrected chi connectivity index (χ3v) is 2.57. The third-order valence-electron chi connectivity index (χ3n) is 1.51. The minimum absolute atomic E-state index is 0.0975. The van der Waals surface area contributed by atoms with E-state index in [2.05, 4.69) is 37.2 Å². The van der Waals surface area contributed by atoms with Gasteiger partial charge in [-0.3, -0.25) is 4.79 Å². The molecule has 0 atom stereocenters. The van der Waals surface area contributed by atoms with Gasteiger partial charge in [0.2, 0.25) is 0 Å². The number of aliphatic hydroxyl groups excluding tert-OH is 1. The first-order valence-corrected chi connectivity index (χ1v) is 5.22. The summed E-state index contributed by atoms with van der Waals surface area (Å²) < 4.78 is 1.07. The molecule has 1 aromatic rings. The molecule has 6 heteroatoms. The highest BCUT2D eigenvalue weighted by Gasteiger charge is 2.13. The lowest BCUT2D eigenvalue weighted by Crippen LogP contribution is -2.24. The molecule has 1 rings (SSSR count). The number of hydrogen-bond donors (Lipinski definition) is 3. The van der Waals surface area contributed by atoms with Crippen LogP contribution in [0.1, 0.15) is 10.4 Å². The summed E-state index contributed by atoms with van der Waals surface area (Å²) in [4.78, 5) is 11.3. The first-order valence-electron chi connectivity index (χ1n) is 3.63. The van der Waals surface area contributed by atoms with Crippen molar-refractivity contribution in [1.82, 2.24) is 5.32 Å². The molecular weight excluding hydrogens is 318 g/mol. The normalized spacial score (nSPS) is 9.93. The van der Waals surface area contributed by atoms with Crippen molar-refractivity contribution in [3.63, 3.8) is 0 Å². The second kappa shape index (κ2) is 4.77. The van der Waals surface area contributed by atoms with E-state index in [9.17, 15) is 9.90 Å². The van der Waals surface area contributed by atoms with E-state index >= 15 is 0 Å². The molecular formula is C8H7Br2NO3. The maximum absolute atomic E-state index is 11.3. The number of amides is 1. The van der Waals surface area contributed by atoms with Crippen LogP contribution in [0.2, 0.25) is 0 Å². The van der Waals surface area contributed by atoms with Crippen LogP contribution in [0.5, 0.6) is 5.75 Å². The molecule has 0 radical (unpaired) electrons. The largest absolute Gasteiger partial charge is 0.506 e. The first kappa shape index (κ1) is 11.5. The van der Waals surface area contributed by atoms with E-state index in [4.69, 9.17) is 5.11 Å². The highest BCUT2D eigenvalue weighted by Crippen LogP contribution is 2.31. The van der Waals surface area contributed by atoms with Gasteiger partial charge < -0.3 is 15.5 Å². The van der Waals surface area contributed by atoms with Gasteiger partial charge in [0.1, 0.15) is 12.5 Å². The molecule has 0 heterocycles. The highest BCUT2D eigenvalue weighted by atomic mass is 79.9. The van der Waals surface area contributed by atoms with E-state index in [1.165, 1.54) is 6.07 Å².